The topological polar surface area (TPSA) is 91.6 Å². The fraction of sp³-hybridized carbons (Fsp3) is 0.250. The van der Waals surface area contributed by atoms with E-state index in [4.69, 9.17) is 21.1 Å². The van der Waals surface area contributed by atoms with Gasteiger partial charge in [0.2, 0.25) is 0 Å². The van der Waals surface area contributed by atoms with Gasteiger partial charge in [-0.1, -0.05) is 36.7 Å². The lowest BCUT2D eigenvalue weighted by molar-refractivity contribution is 0.0953. The highest BCUT2D eigenvalue weighted by Gasteiger charge is 2.19. The molecule has 4 rings (SSSR count). The van der Waals surface area contributed by atoms with E-state index in [1.54, 1.807) is 24.3 Å². The fourth-order valence-electron chi connectivity index (χ4n) is 4.16. The standard InChI is InChI=1S/C28H27ClFN3O5/c1-4-12-31-26(34)18-10-8-17(9-11-18)15-33-27(35)19-13-24(37-2)25(38-3)14-23(19)32(28(33)36)16-20-21(29)6-5-7-22(20)30/h5-11,13-14H,4,12,15-16H2,1-3H3,(H,31,34). The molecular formula is C28H27ClFN3O5. The number of amides is 1. The van der Waals surface area contributed by atoms with Crippen LogP contribution in [0, 0.1) is 5.82 Å². The summed E-state index contributed by atoms with van der Waals surface area (Å²) in [4.78, 5) is 39.5. The van der Waals surface area contributed by atoms with Crippen LogP contribution in [0.3, 0.4) is 0 Å². The second-order valence-corrected chi connectivity index (χ2v) is 9.04. The number of halogens is 2. The molecule has 0 radical (unpaired) electrons. The van der Waals surface area contributed by atoms with Gasteiger partial charge in [0.25, 0.3) is 11.5 Å². The Bertz CT molecular complexity index is 1590. The van der Waals surface area contributed by atoms with Gasteiger partial charge in [-0.05, 0) is 42.3 Å². The van der Waals surface area contributed by atoms with Gasteiger partial charge in [-0.3, -0.25) is 18.7 Å². The lowest BCUT2D eigenvalue weighted by atomic mass is 10.1. The second-order valence-electron chi connectivity index (χ2n) is 8.64. The molecule has 38 heavy (non-hydrogen) atoms. The molecule has 3 aromatic carbocycles. The molecular weight excluding hydrogens is 513 g/mol. The summed E-state index contributed by atoms with van der Waals surface area (Å²) in [5, 5.41) is 3.14. The first kappa shape index (κ1) is 26.9. The Morgan fingerprint density at radius 3 is 2.29 bits per heavy atom. The van der Waals surface area contributed by atoms with Gasteiger partial charge in [0.15, 0.2) is 11.5 Å². The Labute approximate surface area is 223 Å². The van der Waals surface area contributed by atoms with Gasteiger partial charge in [-0.25, -0.2) is 9.18 Å². The zero-order valence-corrected chi connectivity index (χ0v) is 22.0. The van der Waals surface area contributed by atoms with Gasteiger partial charge < -0.3 is 14.8 Å². The van der Waals surface area contributed by atoms with Crippen LogP contribution in [0.1, 0.15) is 34.8 Å². The SMILES string of the molecule is CCCNC(=O)c1ccc(Cn2c(=O)c3cc(OC)c(OC)cc3n(Cc3c(F)cccc3Cl)c2=O)cc1. The zero-order valence-electron chi connectivity index (χ0n) is 21.2. The summed E-state index contributed by atoms with van der Waals surface area (Å²) in [6.45, 7) is 2.24. The molecule has 198 valence electrons. The molecule has 1 heterocycles. The molecule has 0 atom stereocenters. The molecule has 0 aliphatic rings. The van der Waals surface area contributed by atoms with Crippen molar-refractivity contribution >= 4 is 28.4 Å². The average Bonchev–Trinajstić information content (AvgIpc) is 2.93. The van der Waals surface area contributed by atoms with Gasteiger partial charge in [0.1, 0.15) is 5.82 Å². The molecule has 0 saturated carbocycles. The van der Waals surface area contributed by atoms with Gasteiger partial charge in [-0.2, -0.15) is 0 Å². The molecule has 0 fully saturated rings. The Kier molecular flexibility index (Phi) is 8.16. The highest BCUT2D eigenvalue weighted by Crippen LogP contribution is 2.31. The molecule has 0 bridgehead atoms. The maximum atomic E-state index is 14.7. The number of hydrogen-bond donors (Lipinski definition) is 1. The summed E-state index contributed by atoms with van der Waals surface area (Å²) in [5.74, 6) is -0.166. The van der Waals surface area contributed by atoms with Crippen LogP contribution in [0.5, 0.6) is 11.5 Å². The normalized spacial score (nSPS) is 11.0. The van der Waals surface area contributed by atoms with Gasteiger partial charge in [0, 0.05) is 28.8 Å². The fourth-order valence-corrected chi connectivity index (χ4v) is 4.39. The minimum absolute atomic E-state index is 0.0657. The summed E-state index contributed by atoms with van der Waals surface area (Å²) in [5.41, 5.74) is 0.254. The molecule has 0 spiro atoms. The number of rotatable bonds is 9. The Hall–Kier alpha value is -4.11. The maximum Gasteiger partial charge on any atom is 0.332 e. The zero-order chi connectivity index (χ0) is 27.4. The van der Waals surface area contributed by atoms with Crippen molar-refractivity contribution in [1.29, 1.82) is 0 Å². The van der Waals surface area contributed by atoms with Crippen molar-refractivity contribution in [2.75, 3.05) is 20.8 Å². The number of nitrogens with zero attached hydrogens (tertiary/aromatic N) is 2. The van der Waals surface area contributed by atoms with Gasteiger partial charge in [0.05, 0.1) is 38.2 Å². The average molecular weight is 540 g/mol. The lowest BCUT2D eigenvalue weighted by Gasteiger charge is -2.17. The van der Waals surface area contributed by atoms with Crippen LogP contribution in [0.25, 0.3) is 10.9 Å². The first-order valence-corrected chi connectivity index (χ1v) is 12.4. The molecule has 0 aliphatic carbocycles. The molecule has 8 nitrogen and oxygen atoms in total. The first-order valence-electron chi connectivity index (χ1n) is 12.0. The predicted molar refractivity (Wildman–Crippen MR) is 144 cm³/mol. The van der Waals surface area contributed by atoms with Crippen molar-refractivity contribution in [3.63, 3.8) is 0 Å². The molecule has 4 aromatic rings. The van der Waals surface area contributed by atoms with E-state index >= 15 is 0 Å². The highest BCUT2D eigenvalue weighted by molar-refractivity contribution is 6.31. The Morgan fingerprint density at radius 2 is 1.66 bits per heavy atom. The van der Waals surface area contributed by atoms with E-state index in [9.17, 15) is 18.8 Å². The minimum atomic E-state index is -0.654. The van der Waals surface area contributed by atoms with E-state index in [1.165, 1.54) is 49.1 Å². The van der Waals surface area contributed by atoms with Crippen LogP contribution in [0.4, 0.5) is 4.39 Å². The number of benzene rings is 3. The summed E-state index contributed by atoms with van der Waals surface area (Å²) in [6, 6.07) is 13.9. The number of carbonyl (C=O) groups excluding carboxylic acids is 1. The van der Waals surface area contributed by atoms with E-state index < -0.39 is 17.1 Å². The van der Waals surface area contributed by atoms with E-state index in [0.29, 0.717) is 29.2 Å². The van der Waals surface area contributed by atoms with Crippen LogP contribution in [0.15, 0.2) is 64.2 Å². The molecule has 1 aromatic heterocycles. The monoisotopic (exact) mass is 539 g/mol. The van der Waals surface area contributed by atoms with Crippen molar-refractivity contribution in [2.45, 2.75) is 26.4 Å². The van der Waals surface area contributed by atoms with E-state index in [2.05, 4.69) is 5.32 Å². The predicted octanol–water partition coefficient (Wildman–Crippen LogP) is 4.21. The molecule has 1 amide bonds. The van der Waals surface area contributed by atoms with Crippen molar-refractivity contribution < 1.29 is 18.7 Å². The summed E-state index contributed by atoms with van der Waals surface area (Å²) >= 11 is 6.26. The highest BCUT2D eigenvalue weighted by atomic mass is 35.5. The van der Waals surface area contributed by atoms with Crippen LogP contribution >= 0.6 is 11.6 Å². The summed E-state index contributed by atoms with van der Waals surface area (Å²) in [7, 11) is 2.88. The van der Waals surface area contributed by atoms with Crippen molar-refractivity contribution in [1.82, 2.24) is 14.5 Å². The number of ether oxygens (including phenoxy) is 2. The van der Waals surface area contributed by atoms with E-state index in [1.807, 2.05) is 6.92 Å². The van der Waals surface area contributed by atoms with Gasteiger partial charge >= 0.3 is 5.69 Å². The first-order chi connectivity index (χ1) is 18.3. The molecule has 1 N–H and O–H groups in total. The van der Waals surface area contributed by atoms with Crippen LogP contribution in [0.2, 0.25) is 5.02 Å². The maximum absolute atomic E-state index is 14.7. The summed E-state index contributed by atoms with van der Waals surface area (Å²) < 4.78 is 27.8. The largest absolute Gasteiger partial charge is 0.493 e. The smallest absolute Gasteiger partial charge is 0.332 e. The number of aromatic nitrogens is 2. The number of methoxy groups -OCH3 is 2. The third-order valence-corrected chi connectivity index (χ3v) is 6.55. The Morgan fingerprint density at radius 1 is 0.974 bits per heavy atom. The number of carbonyl (C=O) groups is 1. The Balaban J connectivity index is 1.86. The van der Waals surface area contributed by atoms with Gasteiger partial charge in [-0.15, -0.1) is 0 Å². The molecule has 0 aliphatic heterocycles. The minimum Gasteiger partial charge on any atom is -0.493 e. The van der Waals surface area contributed by atoms with Crippen LogP contribution < -0.4 is 26.0 Å². The van der Waals surface area contributed by atoms with Crippen molar-refractivity contribution in [3.05, 3.63) is 103 Å². The van der Waals surface area contributed by atoms with Crippen molar-refractivity contribution in [2.24, 2.45) is 0 Å². The summed E-state index contributed by atoms with van der Waals surface area (Å²) in [6.07, 6.45) is 0.815. The van der Waals surface area contributed by atoms with Crippen molar-refractivity contribution in [3.8, 4) is 11.5 Å². The number of fused-ring (bicyclic) bond motifs is 1. The quantitative estimate of drug-likeness (QED) is 0.344. The number of hydrogen-bond acceptors (Lipinski definition) is 5. The number of nitrogens with one attached hydrogen (secondary N) is 1. The third-order valence-electron chi connectivity index (χ3n) is 6.20. The molecule has 10 heteroatoms. The second kappa shape index (κ2) is 11.5. The lowest BCUT2D eigenvalue weighted by Crippen LogP contribution is -2.40. The molecule has 0 saturated heterocycles. The molecule has 0 unspecified atom stereocenters. The van der Waals surface area contributed by atoms with Crippen LogP contribution in [-0.2, 0) is 13.1 Å². The van der Waals surface area contributed by atoms with E-state index in [0.717, 1.165) is 11.0 Å². The van der Waals surface area contributed by atoms with E-state index in [-0.39, 0.29) is 40.5 Å². The third kappa shape index (κ3) is 5.28. The van der Waals surface area contributed by atoms with Crippen LogP contribution in [-0.4, -0.2) is 35.8 Å².